The molecule has 124 valence electrons. The average Bonchev–Trinajstić information content (AvgIpc) is 2.98. The van der Waals surface area contributed by atoms with Crippen LogP contribution in [0, 0.1) is 5.92 Å². The maximum atomic E-state index is 12.3. The number of H-pyrrole nitrogens is 1. The number of hydrogen-bond donors (Lipinski definition) is 3. The Balaban J connectivity index is 1.57. The number of amides is 1. The van der Waals surface area contributed by atoms with E-state index in [1.807, 2.05) is 0 Å². The lowest BCUT2D eigenvalue weighted by molar-refractivity contribution is -0.126. The number of carbonyl (C=O) groups excluding carboxylic acids is 1. The van der Waals surface area contributed by atoms with Crippen LogP contribution in [0.2, 0.25) is 0 Å². The van der Waals surface area contributed by atoms with Crippen molar-refractivity contribution >= 4 is 16.8 Å². The largest absolute Gasteiger partial charge is 0.361 e. The van der Waals surface area contributed by atoms with Crippen LogP contribution in [0.15, 0.2) is 24.4 Å². The number of aryl methyl sites for hydroxylation is 1. The predicted octanol–water partition coefficient (Wildman–Crippen LogP) is 2.91. The topological polar surface area (TPSA) is 70.9 Å². The molecule has 1 saturated carbocycles. The second kappa shape index (κ2) is 7.18. The molecule has 1 heterocycles. The van der Waals surface area contributed by atoms with E-state index in [9.17, 15) is 4.79 Å². The van der Waals surface area contributed by atoms with Gasteiger partial charge in [-0.05, 0) is 43.2 Å². The van der Waals surface area contributed by atoms with Crippen molar-refractivity contribution in [2.24, 2.45) is 11.7 Å². The first-order chi connectivity index (χ1) is 11.2. The van der Waals surface area contributed by atoms with E-state index < -0.39 is 0 Å². The third kappa shape index (κ3) is 3.58. The van der Waals surface area contributed by atoms with Crippen molar-refractivity contribution in [2.45, 2.75) is 51.5 Å². The maximum Gasteiger partial charge on any atom is 0.223 e. The number of nitrogens with two attached hydrogens (primary N) is 1. The van der Waals surface area contributed by atoms with Crippen molar-refractivity contribution < 1.29 is 4.79 Å². The van der Waals surface area contributed by atoms with Gasteiger partial charge in [0.25, 0.3) is 0 Å². The van der Waals surface area contributed by atoms with Gasteiger partial charge in [-0.3, -0.25) is 4.79 Å². The van der Waals surface area contributed by atoms with Crippen molar-refractivity contribution in [3.63, 3.8) is 0 Å². The molecule has 1 aromatic heterocycles. The summed E-state index contributed by atoms with van der Waals surface area (Å²) in [5.74, 6) is 0.280. The lowest BCUT2D eigenvalue weighted by Crippen LogP contribution is -2.38. The number of fused-ring (bicyclic) bond motifs is 1. The summed E-state index contributed by atoms with van der Waals surface area (Å²) in [5, 5.41) is 4.37. The fraction of sp³-hybridized carbons (Fsp3) is 0.526. The lowest BCUT2D eigenvalue weighted by Gasteiger charge is -2.25. The summed E-state index contributed by atoms with van der Waals surface area (Å²) in [4.78, 5) is 15.6. The summed E-state index contributed by atoms with van der Waals surface area (Å²) >= 11 is 0. The zero-order valence-electron chi connectivity index (χ0n) is 13.9. The minimum Gasteiger partial charge on any atom is -0.361 e. The van der Waals surface area contributed by atoms with Crippen LogP contribution in [0.3, 0.4) is 0 Å². The van der Waals surface area contributed by atoms with Crippen LogP contribution in [0.5, 0.6) is 0 Å². The molecule has 1 amide bonds. The van der Waals surface area contributed by atoms with Gasteiger partial charge < -0.3 is 16.0 Å². The fourth-order valence-electron chi connectivity index (χ4n) is 3.71. The third-order valence-corrected chi connectivity index (χ3v) is 5.05. The number of aromatic nitrogens is 1. The van der Waals surface area contributed by atoms with E-state index in [-0.39, 0.29) is 17.9 Å². The van der Waals surface area contributed by atoms with Gasteiger partial charge in [-0.25, -0.2) is 0 Å². The smallest absolute Gasteiger partial charge is 0.223 e. The first kappa shape index (κ1) is 16.1. The molecule has 3 rings (SSSR count). The molecule has 23 heavy (non-hydrogen) atoms. The first-order valence-corrected chi connectivity index (χ1v) is 8.80. The van der Waals surface area contributed by atoms with E-state index in [1.165, 1.54) is 22.0 Å². The molecule has 0 spiro atoms. The summed E-state index contributed by atoms with van der Waals surface area (Å²) in [6.45, 7) is 2.86. The molecule has 4 nitrogen and oxygen atoms in total. The van der Waals surface area contributed by atoms with Crippen LogP contribution in [0.25, 0.3) is 10.9 Å². The molecule has 1 aliphatic carbocycles. The Hall–Kier alpha value is -1.81. The van der Waals surface area contributed by atoms with Gasteiger partial charge in [-0.2, -0.15) is 0 Å². The summed E-state index contributed by atoms with van der Waals surface area (Å²) in [6, 6.07) is 6.63. The van der Waals surface area contributed by atoms with E-state index >= 15 is 0 Å². The van der Waals surface area contributed by atoms with Crippen LogP contribution in [-0.2, 0) is 17.6 Å². The molecule has 2 unspecified atom stereocenters. The van der Waals surface area contributed by atoms with Gasteiger partial charge in [0.05, 0.1) is 0 Å². The highest BCUT2D eigenvalue weighted by Crippen LogP contribution is 2.24. The molecular weight excluding hydrogens is 286 g/mol. The van der Waals surface area contributed by atoms with Crippen molar-refractivity contribution in [1.82, 2.24) is 10.3 Å². The minimum absolute atomic E-state index is 0.105. The quantitative estimate of drug-likeness (QED) is 0.794. The molecule has 4 heteroatoms. The Kier molecular flexibility index (Phi) is 5.01. The number of hydrogen-bond acceptors (Lipinski definition) is 2. The second-order valence-electron chi connectivity index (χ2n) is 6.67. The van der Waals surface area contributed by atoms with Gasteiger partial charge in [0.2, 0.25) is 5.91 Å². The molecule has 1 fully saturated rings. The van der Waals surface area contributed by atoms with E-state index in [0.717, 1.165) is 38.5 Å². The lowest BCUT2D eigenvalue weighted by atomic mass is 9.85. The van der Waals surface area contributed by atoms with Gasteiger partial charge in [0.1, 0.15) is 0 Å². The van der Waals surface area contributed by atoms with Gasteiger partial charge in [0, 0.05) is 35.6 Å². The van der Waals surface area contributed by atoms with Gasteiger partial charge in [-0.15, -0.1) is 0 Å². The van der Waals surface area contributed by atoms with Gasteiger partial charge in [-0.1, -0.05) is 31.5 Å². The third-order valence-electron chi connectivity index (χ3n) is 5.05. The Bertz CT molecular complexity index is 676. The average molecular weight is 313 g/mol. The minimum atomic E-state index is 0.105. The molecule has 1 aromatic carbocycles. The first-order valence-electron chi connectivity index (χ1n) is 8.80. The zero-order valence-corrected chi connectivity index (χ0v) is 13.9. The van der Waals surface area contributed by atoms with E-state index in [2.05, 4.69) is 41.6 Å². The Labute approximate surface area is 137 Å². The molecule has 0 radical (unpaired) electrons. The van der Waals surface area contributed by atoms with Crippen LogP contribution < -0.4 is 11.1 Å². The molecule has 2 atom stereocenters. The molecule has 0 bridgehead atoms. The molecular formula is C19H27N3O. The zero-order chi connectivity index (χ0) is 16.2. The van der Waals surface area contributed by atoms with E-state index in [4.69, 9.17) is 5.73 Å². The number of benzene rings is 1. The second-order valence-corrected chi connectivity index (χ2v) is 6.67. The molecule has 4 N–H and O–H groups in total. The monoisotopic (exact) mass is 313 g/mol. The highest BCUT2D eigenvalue weighted by atomic mass is 16.1. The van der Waals surface area contributed by atoms with Crippen LogP contribution in [0.4, 0.5) is 0 Å². The Morgan fingerprint density at radius 2 is 2.22 bits per heavy atom. The van der Waals surface area contributed by atoms with Crippen molar-refractivity contribution in [3.8, 4) is 0 Å². The van der Waals surface area contributed by atoms with Crippen molar-refractivity contribution in [1.29, 1.82) is 0 Å². The van der Waals surface area contributed by atoms with E-state index in [0.29, 0.717) is 6.54 Å². The fourth-order valence-corrected chi connectivity index (χ4v) is 3.71. The van der Waals surface area contributed by atoms with Crippen molar-refractivity contribution in [3.05, 3.63) is 35.5 Å². The van der Waals surface area contributed by atoms with Gasteiger partial charge >= 0.3 is 0 Å². The molecule has 0 aliphatic heterocycles. The maximum absolute atomic E-state index is 12.3. The number of aromatic amines is 1. The number of para-hydroxylation sites is 1. The summed E-state index contributed by atoms with van der Waals surface area (Å²) < 4.78 is 0. The molecule has 1 aliphatic rings. The summed E-state index contributed by atoms with van der Waals surface area (Å²) in [7, 11) is 0. The number of nitrogens with one attached hydrogen (secondary N) is 2. The van der Waals surface area contributed by atoms with Crippen LogP contribution >= 0.6 is 0 Å². The van der Waals surface area contributed by atoms with Crippen molar-refractivity contribution in [2.75, 3.05) is 6.54 Å². The summed E-state index contributed by atoms with van der Waals surface area (Å²) in [5.41, 5.74) is 9.82. The van der Waals surface area contributed by atoms with Crippen LogP contribution in [0.1, 0.15) is 43.7 Å². The number of carbonyl (C=O) groups is 1. The van der Waals surface area contributed by atoms with E-state index in [1.54, 1.807) is 0 Å². The SMILES string of the molecule is CCc1cccc2c(CCNC(=O)C3CCCC(N)C3)c[nH]c12. The van der Waals surface area contributed by atoms with Crippen LogP contribution in [-0.4, -0.2) is 23.5 Å². The standard InChI is InChI=1S/C19H27N3O/c1-2-13-5-4-8-17-15(12-22-18(13)17)9-10-21-19(23)14-6-3-7-16(20)11-14/h4-5,8,12,14,16,22H,2-3,6-7,9-11,20H2,1H3,(H,21,23). The number of rotatable bonds is 5. The predicted molar refractivity (Wildman–Crippen MR) is 94.3 cm³/mol. The Morgan fingerprint density at radius 3 is 3.00 bits per heavy atom. The normalized spacial score (nSPS) is 21.5. The highest BCUT2D eigenvalue weighted by Gasteiger charge is 2.24. The highest BCUT2D eigenvalue weighted by molar-refractivity contribution is 5.86. The molecule has 0 saturated heterocycles. The Morgan fingerprint density at radius 1 is 1.35 bits per heavy atom. The molecule has 2 aromatic rings. The summed E-state index contributed by atoms with van der Waals surface area (Å²) in [6.07, 6.45) is 7.89. The van der Waals surface area contributed by atoms with Gasteiger partial charge in [0.15, 0.2) is 0 Å².